The van der Waals surface area contributed by atoms with Crippen molar-refractivity contribution < 1.29 is 4.74 Å². The van der Waals surface area contributed by atoms with Gasteiger partial charge >= 0.3 is 0 Å². The molecular weight excluding hydrogens is 354 g/mol. The van der Waals surface area contributed by atoms with Crippen LogP contribution < -0.4 is 15.4 Å². The standard InChI is InChI=1S/C22H23N3OS/c1-5-20(25-22-23-11-12-24-22)6-2-17(1)15-18-3-7-21(8-4-18)26-13-9-19-10-14-27-16-19/h1-8,10,14,16H,9,11-13,15H2,(H2,23,24,25). The number of hydrogen-bond donors (Lipinski definition) is 2. The van der Waals surface area contributed by atoms with Crippen LogP contribution in [0.2, 0.25) is 0 Å². The lowest BCUT2D eigenvalue weighted by Crippen LogP contribution is -2.26. The number of nitrogens with zero attached hydrogens (tertiary/aromatic N) is 1. The molecule has 0 fully saturated rings. The first-order valence-corrected chi connectivity index (χ1v) is 10.2. The van der Waals surface area contributed by atoms with E-state index in [0.29, 0.717) is 6.61 Å². The molecule has 1 aromatic heterocycles. The second-order valence-corrected chi connectivity index (χ2v) is 7.31. The smallest absolute Gasteiger partial charge is 0.195 e. The first kappa shape index (κ1) is 17.6. The number of hydrogen-bond acceptors (Lipinski definition) is 5. The van der Waals surface area contributed by atoms with Crippen LogP contribution >= 0.6 is 11.3 Å². The second kappa shape index (κ2) is 8.73. The molecule has 1 aliphatic rings. The highest BCUT2D eigenvalue weighted by Gasteiger charge is 2.05. The molecule has 3 aromatic rings. The average Bonchev–Trinajstić information content (AvgIpc) is 3.39. The summed E-state index contributed by atoms with van der Waals surface area (Å²) >= 11 is 1.73. The summed E-state index contributed by atoms with van der Waals surface area (Å²) in [5.41, 5.74) is 4.96. The van der Waals surface area contributed by atoms with Gasteiger partial charge in [-0.05, 0) is 64.2 Å². The third kappa shape index (κ3) is 5.11. The van der Waals surface area contributed by atoms with Crippen LogP contribution in [-0.4, -0.2) is 25.7 Å². The number of aliphatic imine (C=N–C) groups is 1. The van der Waals surface area contributed by atoms with E-state index in [0.717, 1.165) is 43.3 Å². The van der Waals surface area contributed by atoms with Gasteiger partial charge in [-0.15, -0.1) is 0 Å². The second-order valence-electron chi connectivity index (χ2n) is 6.53. The van der Waals surface area contributed by atoms with Gasteiger partial charge in [0, 0.05) is 18.7 Å². The van der Waals surface area contributed by atoms with Crippen LogP contribution in [0.5, 0.6) is 5.75 Å². The Kier molecular flexibility index (Phi) is 5.70. The lowest BCUT2D eigenvalue weighted by Gasteiger charge is -2.09. The van der Waals surface area contributed by atoms with E-state index in [1.165, 1.54) is 16.7 Å². The molecule has 0 atom stereocenters. The third-order valence-electron chi connectivity index (χ3n) is 4.46. The van der Waals surface area contributed by atoms with Crippen molar-refractivity contribution in [1.29, 1.82) is 0 Å². The maximum atomic E-state index is 5.84. The van der Waals surface area contributed by atoms with Crippen LogP contribution in [0.4, 0.5) is 5.69 Å². The summed E-state index contributed by atoms with van der Waals surface area (Å²) in [6.45, 7) is 2.47. The zero-order chi connectivity index (χ0) is 18.3. The van der Waals surface area contributed by atoms with Gasteiger partial charge in [0.05, 0.1) is 13.2 Å². The molecule has 0 unspecified atom stereocenters. The Hall–Kier alpha value is -2.79. The van der Waals surface area contributed by atoms with Crippen molar-refractivity contribution in [3.63, 3.8) is 0 Å². The van der Waals surface area contributed by atoms with Crippen LogP contribution in [0.15, 0.2) is 70.3 Å². The first-order chi connectivity index (χ1) is 13.3. The van der Waals surface area contributed by atoms with Gasteiger partial charge in [-0.1, -0.05) is 24.3 Å². The Morgan fingerprint density at radius 1 is 0.963 bits per heavy atom. The Morgan fingerprint density at radius 3 is 2.41 bits per heavy atom. The van der Waals surface area contributed by atoms with Crippen molar-refractivity contribution in [2.45, 2.75) is 12.8 Å². The summed E-state index contributed by atoms with van der Waals surface area (Å²) in [4.78, 5) is 4.35. The third-order valence-corrected chi connectivity index (χ3v) is 5.19. The molecule has 4 rings (SSSR count). The summed E-state index contributed by atoms with van der Waals surface area (Å²) in [7, 11) is 0. The van der Waals surface area contributed by atoms with Crippen molar-refractivity contribution in [3.05, 3.63) is 82.0 Å². The minimum Gasteiger partial charge on any atom is -0.493 e. The van der Waals surface area contributed by atoms with Gasteiger partial charge in [0.1, 0.15) is 5.75 Å². The number of benzene rings is 2. The molecular formula is C22H23N3OS. The van der Waals surface area contributed by atoms with Crippen LogP contribution in [0, 0.1) is 0 Å². The molecule has 0 saturated heterocycles. The molecule has 138 valence electrons. The van der Waals surface area contributed by atoms with Gasteiger partial charge in [0.2, 0.25) is 0 Å². The summed E-state index contributed by atoms with van der Waals surface area (Å²) in [5, 5.41) is 10.8. The van der Waals surface area contributed by atoms with E-state index in [9.17, 15) is 0 Å². The van der Waals surface area contributed by atoms with Crippen molar-refractivity contribution in [2.24, 2.45) is 4.99 Å². The molecule has 0 spiro atoms. The predicted molar refractivity (Wildman–Crippen MR) is 113 cm³/mol. The fourth-order valence-corrected chi connectivity index (χ4v) is 3.69. The van der Waals surface area contributed by atoms with E-state index in [1.54, 1.807) is 11.3 Å². The van der Waals surface area contributed by atoms with Gasteiger partial charge in [-0.25, -0.2) is 0 Å². The molecule has 0 amide bonds. The Balaban J connectivity index is 1.27. The number of rotatable bonds is 7. The van der Waals surface area contributed by atoms with Gasteiger partial charge < -0.3 is 15.4 Å². The molecule has 4 nitrogen and oxygen atoms in total. The van der Waals surface area contributed by atoms with E-state index < -0.39 is 0 Å². The highest BCUT2D eigenvalue weighted by molar-refractivity contribution is 7.07. The minimum absolute atomic E-state index is 0.713. The van der Waals surface area contributed by atoms with Gasteiger partial charge in [-0.3, -0.25) is 4.99 Å². The zero-order valence-electron chi connectivity index (χ0n) is 15.2. The number of ether oxygens (including phenoxy) is 1. The van der Waals surface area contributed by atoms with Crippen LogP contribution in [0.3, 0.4) is 0 Å². The van der Waals surface area contributed by atoms with Crippen LogP contribution in [0.1, 0.15) is 16.7 Å². The highest BCUT2D eigenvalue weighted by Crippen LogP contribution is 2.17. The van der Waals surface area contributed by atoms with Crippen LogP contribution in [0.25, 0.3) is 0 Å². The van der Waals surface area contributed by atoms with E-state index in [-0.39, 0.29) is 0 Å². The van der Waals surface area contributed by atoms with E-state index in [2.05, 4.69) is 81.0 Å². The number of guanidine groups is 1. The van der Waals surface area contributed by atoms with Crippen molar-refractivity contribution in [2.75, 3.05) is 25.0 Å². The maximum absolute atomic E-state index is 5.84. The molecule has 2 N–H and O–H groups in total. The molecule has 27 heavy (non-hydrogen) atoms. The SMILES string of the molecule is c1cc(CCOc2ccc(Cc3ccc(NC4=NCCN4)cc3)cc2)cs1. The predicted octanol–water partition coefficient (Wildman–Crippen LogP) is 4.33. The highest BCUT2D eigenvalue weighted by atomic mass is 32.1. The molecule has 5 heteroatoms. The normalized spacial score (nSPS) is 13.1. The molecule has 0 aliphatic carbocycles. The molecule has 0 radical (unpaired) electrons. The summed E-state index contributed by atoms with van der Waals surface area (Å²) in [5.74, 6) is 1.79. The quantitative estimate of drug-likeness (QED) is 0.644. The number of anilines is 1. The van der Waals surface area contributed by atoms with E-state index in [4.69, 9.17) is 4.74 Å². The Labute approximate surface area is 163 Å². The monoisotopic (exact) mass is 377 g/mol. The zero-order valence-corrected chi connectivity index (χ0v) is 16.0. The molecule has 2 aromatic carbocycles. The van der Waals surface area contributed by atoms with Crippen molar-refractivity contribution >= 4 is 23.0 Å². The lowest BCUT2D eigenvalue weighted by atomic mass is 10.0. The van der Waals surface area contributed by atoms with E-state index in [1.807, 2.05) is 0 Å². The van der Waals surface area contributed by atoms with Gasteiger partial charge in [0.25, 0.3) is 0 Å². The fraction of sp³-hybridized carbons (Fsp3) is 0.227. The van der Waals surface area contributed by atoms with E-state index >= 15 is 0 Å². The van der Waals surface area contributed by atoms with Crippen LogP contribution in [-0.2, 0) is 12.8 Å². The summed E-state index contributed by atoms with van der Waals surface area (Å²) < 4.78 is 5.84. The number of thiophene rings is 1. The largest absolute Gasteiger partial charge is 0.493 e. The van der Waals surface area contributed by atoms with Crippen molar-refractivity contribution in [3.8, 4) is 5.75 Å². The molecule has 1 aliphatic heterocycles. The molecule has 2 heterocycles. The topological polar surface area (TPSA) is 45.6 Å². The minimum atomic E-state index is 0.713. The summed E-state index contributed by atoms with van der Waals surface area (Å²) in [6.07, 6.45) is 1.86. The maximum Gasteiger partial charge on any atom is 0.195 e. The summed E-state index contributed by atoms with van der Waals surface area (Å²) in [6, 6.07) is 19.1. The number of nitrogens with one attached hydrogen (secondary N) is 2. The Bertz CT molecular complexity index is 871. The van der Waals surface area contributed by atoms with Gasteiger partial charge in [0.15, 0.2) is 5.96 Å². The van der Waals surface area contributed by atoms with Gasteiger partial charge in [-0.2, -0.15) is 11.3 Å². The average molecular weight is 378 g/mol. The molecule has 0 bridgehead atoms. The molecule has 0 saturated carbocycles. The van der Waals surface area contributed by atoms with Crippen molar-refractivity contribution in [1.82, 2.24) is 5.32 Å². The fourth-order valence-electron chi connectivity index (χ4n) is 2.99. The lowest BCUT2D eigenvalue weighted by molar-refractivity contribution is 0.322. The first-order valence-electron chi connectivity index (χ1n) is 9.22. The Morgan fingerprint density at radius 2 is 1.74 bits per heavy atom.